The molecule has 104 valence electrons. The molecule has 0 saturated heterocycles. The van der Waals surface area contributed by atoms with E-state index >= 15 is 0 Å². The summed E-state index contributed by atoms with van der Waals surface area (Å²) in [6, 6.07) is 0.396. The molecule has 18 heavy (non-hydrogen) atoms. The SMILES string of the molecule is CCOC1CC(CC(=O)N(CCO)C2CCC2)C1. The van der Waals surface area contributed by atoms with Crippen molar-refractivity contribution >= 4 is 5.91 Å². The molecule has 1 N–H and O–H groups in total. The number of rotatable bonds is 7. The van der Waals surface area contributed by atoms with Crippen LogP contribution in [0.2, 0.25) is 0 Å². The number of nitrogens with zero attached hydrogens (tertiary/aromatic N) is 1. The number of aliphatic hydroxyl groups excluding tert-OH is 1. The zero-order chi connectivity index (χ0) is 13.0. The molecule has 0 aromatic carbocycles. The predicted molar refractivity (Wildman–Crippen MR) is 69.2 cm³/mol. The fourth-order valence-electron chi connectivity index (χ4n) is 2.89. The summed E-state index contributed by atoms with van der Waals surface area (Å²) in [5.74, 6) is 0.726. The summed E-state index contributed by atoms with van der Waals surface area (Å²) < 4.78 is 5.51. The van der Waals surface area contributed by atoms with Crippen LogP contribution in [0.25, 0.3) is 0 Å². The highest BCUT2D eigenvalue weighted by Crippen LogP contribution is 2.34. The molecule has 0 radical (unpaired) electrons. The van der Waals surface area contributed by atoms with Gasteiger partial charge in [0.05, 0.1) is 12.7 Å². The van der Waals surface area contributed by atoms with Gasteiger partial charge in [-0.15, -0.1) is 0 Å². The first kappa shape index (κ1) is 13.8. The van der Waals surface area contributed by atoms with Crippen molar-refractivity contribution in [2.45, 2.75) is 57.6 Å². The molecular formula is C14H25NO3. The molecule has 0 aromatic heterocycles. The number of carbonyl (C=O) groups excluding carboxylic acids is 1. The number of hydrogen-bond donors (Lipinski definition) is 1. The monoisotopic (exact) mass is 255 g/mol. The first-order chi connectivity index (χ1) is 8.74. The highest BCUT2D eigenvalue weighted by atomic mass is 16.5. The van der Waals surface area contributed by atoms with Gasteiger partial charge in [-0.05, 0) is 44.9 Å². The average Bonchev–Trinajstić information content (AvgIpc) is 2.23. The molecule has 4 nitrogen and oxygen atoms in total. The zero-order valence-corrected chi connectivity index (χ0v) is 11.3. The summed E-state index contributed by atoms with van der Waals surface area (Å²) in [4.78, 5) is 14.1. The smallest absolute Gasteiger partial charge is 0.223 e. The van der Waals surface area contributed by atoms with Gasteiger partial charge in [0.2, 0.25) is 5.91 Å². The lowest BCUT2D eigenvalue weighted by Gasteiger charge is -2.40. The van der Waals surface area contributed by atoms with Crippen LogP contribution in [0, 0.1) is 5.92 Å². The van der Waals surface area contributed by atoms with E-state index in [1.165, 1.54) is 6.42 Å². The maximum atomic E-state index is 12.2. The molecule has 2 aliphatic carbocycles. The molecule has 0 spiro atoms. The molecule has 0 aliphatic heterocycles. The quantitative estimate of drug-likeness (QED) is 0.751. The third-order valence-corrected chi connectivity index (χ3v) is 4.23. The summed E-state index contributed by atoms with van der Waals surface area (Å²) in [6.45, 7) is 3.36. The molecule has 0 aromatic rings. The van der Waals surface area contributed by atoms with Gasteiger partial charge in [0.15, 0.2) is 0 Å². The van der Waals surface area contributed by atoms with Crippen LogP contribution < -0.4 is 0 Å². The van der Waals surface area contributed by atoms with E-state index in [1.54, 1.807) is 0 Å². The second-order valence-corrected chi connectivity index (χ2v) is 5.51. The van der Waals surface area contributed by atoms with Crippen LogP contribution in [0.1, 0.15) is 45.4 Å². The van der Waals surface area contributed by atoms with Gasteiger partial charge in [-0.1, -0.05) is 0 Å². The Hall–Kier alpha value is -0.610. The Balaban J connectivity index is 1.72. The van der Waals surface area contributed by atoms with E-state index in [-0.39, 0.29) is 12.5 Å². The van der Waals surface area contributed by atoms with Gasteiger partial charge in [-0.3, -0.25) is 4.79 Å². The van der Waals surface area contributed by atoms with E-state index in [4.69, 9.17) is 9.84 Å². The molecule has 4 heteroatoms. The van der Waals surface area contributed by atoms with Crippen LogP contribution in [0.4, 0.5) is 0 Å². The van der Waals surface area contributed by atoms with Crippen molar-refractivity contribution in [2.24, 2.45) is 5.92 Å². The van der Waals surface area contributed by atoms with Gasteiger partial charge in [-0.2, -0.15) is 0 Å². The average molecular weight is 255 g/mol. The third-order valence-electron chi connectivity index (χ3n) is 4.23. The molecular weight excluding hydrogens is 230 g/mol. The normalized spacial score (nSPS) is 27.4. The number of ether oxygens (including phenoxy) is 1. The highest BCUT2D eigenvalue weighted by Gasteiger charge is 2.34. The fraction of sp³-hybridized carbons (Fsp3) is 0.929. The van der Waals surface area contributed by atoms with Gasteiger partial charge in [0, 0.05) is 25.6 Å². The molecule has 1 amide bonds. The van der Waals surface area contributed by atoms with Gasteiger partial charge >= 0.3 is 0 Å². The van der Waals surface area contributed by atoms with E-state index in [0.29, 0.717) is 31.0 Å². The third kappa shape index (κ3) is 3.23. The standard InChI is InChI=1S/C14H25NO3/c1-2-18-13-8-11(9-13)10-14(17)15(6-7-16)12-4-3-5-12/h11-13,16H,2-10H2,1H3. The lowest BCUT2D eigenvalue weighted by atomic mass is 9.79. The fourth-order valence-corrected chi connectivity index (χ4v) is 2.89. The lowest BCUT2D eigenvalue weighted by Crippen LogP contribution is -2.47. The molecule has 0 unspecified atom stereocenters. The number of hydrogen-bond acceptors (Lipinski definition) is 3. The molecule has 2 rings (SSSR count). The van der Waals surface area contributed by atoms with Crippen molar-refractivity contribution in [1.29, 1.82) is 0 Å². The van der Waals surface area contributed by atoms with E-state index < -0.39 is 0 Å². The first-order valence-corrected chi connectivity index (χ1v) is 7.26. The van der Waals surface area contributed by atoms with Crippen LogP contribution in [0.5, 0.6) is 0 Å². The minimum Gasteiger partial charge on any atom is -0.395 e. The van der Waals surface area contributed by atoms with Crippen molar-refractivity contribution in [3.8, 4) is 0 Å². The summed E-state index contributed by atoms with van der Waals surface area (Å²) in [6.07, 6.45) is 6.50. The molecule has 0 atom stereocenters. The Kier molecular flexibility index (Phi) is 5.01. The van der Waals surface area contributed by atoms with Crippen molar-refractivity contribution in [1.82, 2.24) is 4.90 Å². The summed E-state index contributed by atoms with van der Waals surface area (Å²) >= 11 is 0. The Morgan fingerprint density at radius 2 is 2.11 bits per heavy atom. The van der Waals surface area contributed by atoms with Crippen molar-refractivity contribution in [3.63, 3.8) is 0 Å². The molecule has 2 aliphatic rings. The number of amides is 1. The Labute approximate surface area is 109 Å². The number of carbonyl (C=O) groups is 1. The summed E-state index contributed by atoms with van der Waals surface area (Å²) in [5.41, 5.74) is 0. The molecule has 2 fully saturated rings. The maximum Gasteiger partial charge on any atom is 0.223 e. The zero-order valence-electron chi connectivity index (χ0n) is 11.3. The van der Waals surface area contributed by atoms with Crippen molar-refractivity contribution in [2.75, 3.05) is 19.8 Å². The number of aliphatic hydroxyl groups is 1. The van der Waals surface area contributed by atoms with Crippen LogP contribution in [-0.4, -0.2) is 47.8 Å². The highest BCUT2D eigenvalue weighted by molar-refractivity contribution is 5.77. The Morgan fingerprint density at radius 1 is 1.39 bits per heavy atom. The van der Waals surface area contributed by atoms with Gasteiger partial charge in [-0.25, -0.2) is 0 Å². The molecule has 0 heterocycles. The van der Waals surface area contributed by atoms with E-state index in [0.717, 1.165) is 32.3 Å². The molecule has 0 bridgehead atoms. The van der Waals surface area contributed by atoms with Crippen molar-refractivity contribution < 1.29 is 14.6 Å². The molecule has 2 saturated carbocycles. The Morgan fingerprint density at radius 3 is 2.61 bits per heavy atom. The second kappa shape index (κ2) is 6.53. The van der Waals surface area contributed by atoms with Gasteiger partial charge < -0.3 is 14.7 Å². The minimum absolute atomic E-state index is 0.0779. The van der Waals surface area contributed by atoms with E-state index in [2.05, 4.69) is 0 Å². The summed E-state index contributed by atoms with van der Waals surface area (Å²) in [7, 11) is 0. The summed E-state index contributed by atoms with van der Waals surface area (Å²) in [5, 5.41) is 9.06. The van der Waals surface area contributed by atoms with Crippen LogP contribution in [0.15, 0.2) is 0 Å². The predicted octanol–water partition coefficient (Wildman–Crippen LogP) is 1.56. The lowest BCUT2D eigenvalue weighted by molar-refractivity contribution is -0.139. The first-order valence-electron chi connectivity index (χ1n) is 7.26. The Bertz CT molecular complexity index is 272. The van der Waals surface area contributed by atoms with Gasteiger partial charge in [0.25, 0.3) is 0 Å². The van der Waals surface area contributed by atoms with Crippen LogP contribution >= 0.6 is 0 Å². The topological polar surface area (TPSA) is 49.8 Å². The minimum atomic E-state index is 0.0779. The van der Waals surface area contributed by atoms with Crippen LogP contribution in [0.3, 0.4) is 0 Å². The largest absolute Gasteiger partial charge is 0.395 e. The van der Waals surface area contributed by atoms with E-state index in [9.17, 15) is 4.79 Å². The van der Waals surface area contributed by atoms with Crippen LogP contribution in [-0.2, 0) is 9.53 Å². The maximum absolute atomic E-state index is 12.2. The van der Waals surface area contributed by atoms with Gasteiger partial charge in [0.1, 0.15) is 0 Å². The van der Waals surface area contributed by atoms with E-state index in [1.807, 2.05) is 11.8 Å². The second-order valence-electron chi connectivity index (χ2n) is 5.51. The van der Waals surface area contributed by atoms with Crippen molar-refractivity contribution in [3.05, 3.63) is 0 Å².